The van der Waals surface area contributed by atoms with Gasteiger partial charge in [0, 0.05) is 44.8 Å². The van der Waals surface area contributed by atoms with Crippen molar-refractivity contribution in [3.05, 3.63) is 144 Å². The molecule has 1 N–H and O–H groups in total. The van der Waals surface area contributed by atoms with Gasteiger partial charge in [-0.25, -0.2) is 0 Å². The van der Waals surface area contributed by atoms with Crippen LogP contribution < -0.4 is 5.32 Å². The first-order valence-corrected chi connectivity index (χ1v) is 19.0. The van der Waals surface area contributed by atoms with Crippen LogP contribution in [0.4, 0.5) is 0 Å². The standard InChI is InChI=1S/C44H49N5O4/c50-41-42(51)48(38(29-45-41)26-34-16-7-2-8-17-34)31-37-22-13-24-46(37)30-39(27-35-18-9-3-10-19-35)49-32-40(28-36-20-11-4-12-21-36)47(43(52)44(49)53)25-23-33-14-5-1-6-15-33/h1-12,14-21,37-40H,13,22-32H2,(H,45,50)/t37-,38+,39+,40+/m1/s1. The Kier molecular flexibility index (Phi) is 11.6. The maximum absolute atomic E-state index is 14.3. The first-order valence-electron chi connectivity index (χ1n) is 19.0. The Balaban J connectivity index is 1.13. The van der Waals surface area contributed by atoms with E-state index in [4.69, 9.17) is 0 Å². The molecule has 3 aliphatic heterocycles. The molecule has 0 unspecified atom stereocenters. The summed E-state index contributed by atoms with van der Waals surface area (Å²) in [5, 5.41) is 2.80. The van der Waals surface area contributed by atoms with Crippen molar-refractivity contribution < 1.29 is 19.2 Å². The molecule has 0 saturated carbocycles. The van der Waals surface area contributed by atoms with E-state index in [-0.39, 0.29) is 24.2 Å². The van der Waals surface area contributed by atoms with Crippen molar-refractivity contribution in [1.82, 2.24) is 24.9 Å². The number of hydrogen-bond acceptors (Lipinski definition) is 5. The van der Waals surface area contributed by atoms with Crippen molar-refractivity contribution >= 4 is 23.6 Å². The third-order valence-electron chi connectivity index (χ3n) is 11.2. The number of nitrogens with one attached hydrogen (secondary N) is 1. The number of rotatable bonds is 14. The van der Waals surface area contributed by atoms with Crippen LogP contribution in [0.2, 0.25) is 0 Å². The highest BCUT2D eigenvalue weighted by atomic mass is 16.2. The van der Waals surface area contributed by atoms with Crippen LogP contribution in [0, 0.1) is 0 Å². The van der Waals surface area contributed by atoms with Crippen LogP contribution in [0.25, 0.3) is 0 Å². The van der Waals surface area contributed by atoms with Crippen molar-refractivity contribution in [3.63, 3.8) is 0 Å². The largest absolute Gasteiger partial charge is 0.346 e. The maximum atomic E-state index is 14.3. The fourth-order valence-electron chi connectivity index (χ4n) is 8.37. The van der Waals surface area contributed by atoms with Crippen molar-refractivity contribution in [2.24, 2.45) is 0 Å². The molecule has 4 atom stereocenters. The molecular formula is C44H49N5O4. The summed E-state index contributed by atoms with van der Waals surface area (Å²) in [6, 6.07) is 40.0. The summed E-state index contributed by atoms with van der Waals surface area (Å²) in [5.74, 6) is -1.94. The average molecular weight is 712 g/mol. The van der Waals surface area contributed by atoms with Gasteiger partial charge in [0.2, 0.25) is 0 Å². The molecule has 4 amide bonds. The smallest absolute Gasteiger partial charge is 0.312 e. The van der Waals surface area contributed by atoms with E-state index >= 15 is 0 Å². The van der Waals surface area contributed by atoms with Gasteiger partial charge in [0.25, 0.3) is 0 Å². The Labute approximate surface area is 312 Å². The summed E-state index contributed by atoms with van der Waals surface area (Å²) in [4.78, 5) is 62.2. The van der Waals surface area contributed by atoms with Crippen LogP contribution in [-0.4, -0.2) is 107 Å². The maximum Gasteiger partial charge on any atom is 0.312 e. The molecule has 0 aliphatic carbocycles. The lowest BCUT2D eigenvalue weighted by Crippen LogP contribution is -2.65. The van der Waals surface area contributed by atoms with Crippen molar-refractivity contribution in [3.8, 4) is 0 Å². The molecule has 3 saturated heterocycles. The van der Waals surface area contributed by atoms with Crippen LogP contribution in [0.15, 0.2) is 121 Å². The summed E-state index contributed by atoms with van der Waals surface area (Å²) < 4.78 is 0. The molecule has 0 bridgehead atoms. The Morgan fingerprint density at radius 1 is 0.604 bits per heavy atom. The molecule has 3 aliphatic rings. The van der Waals surface area contributed by atoms with Gasteiger partial charge in [0.15, 0.2) is 0 Å². The molecule has 53 heavy (non-hydrogen) atoms. The molecular weight excluding hydrogens is 663 g/mol. The van der Waals surface area contributed by atoms with Gasteiger partial charge in [-0.2, -0.15) is 0 Å². The Morgan fingerprint density at radius 3 is 1.79 bits per heavy atom. The number of nitrogens with zero attached hydrogens (tertiary/aromatic N) is 4. The van der Waals surface area contributed by atoms with E-state index in [1.54, 1.807) is 9.80 Å². The van der Waals surface area contributed by atoms with Gasteiger partial charge in [-0.1, -0.05) is 121 Å². The molecule has 3 heterocycles. The Hall–Kier alpha value is -5.28. The minimum absolute atomic E-state index is 0.0273. The van der Waals surface area contributed by atoms with E-state index in [0.29, 0.717) is 58.4 Å². The van der Waals surface area contributed by atoms with E-state index in [2.05, 4.69) is 58.7 Å². The zero-order valence-electron chi connectivity index (χ0n) is 30.3. The Morgan fingerprint density at radius 2 is 1.17 bits per heavy atom. The van der Waals surface area contributed by atoms with Gasteiger partial charge >= 0.3 is 23.6 Å². The molecule has 0 aromatic heterocycles. The number of piperazine rings is 2. The van der Waals surface area contributed by atoms with E-state index < -0.39 is 23.6 Å². The molecule has 9 nitrogen and oxygen atoms in total. The monoisotopic (exact) mass is 711 g/mol. The Bertz CT molecular complexity index is 1840. The first-order chi connectivity index (χ1) is 25.9. The van der Waals surface area contributed by atoms with Crippen LogP contribution in [-0.2, 0) is 44.9 Å². The van der Waals surface area contributed by atoms with Crippen LogP contribution in [0.1, 0.15) is 35.1 Å². The lowest BCUT2D eigenvalue weighted by Gasteiger charge is -2.45. The van der Waals surface area contributed by atoms with E-state index in [1.165, 1.54) is 0 Å². The quantitative estimate of drug-likeness (QED) is 0.199. The second-order valence-electron chi connectivity index (χ2n) is 14.7. The fraction of sp³-hybridized carbons (Fsp3) is 0.364. The summed E-state index contributed by atoms with van der Waals surface area (Å²) in [7, 11) is 0. The van der Waals surface area contributed by atoms with Gasteiger partial charge in [-0.05, 0) is 67.3 Å². The highest BCUT2D eigenvalue weighted by Gasteiger charge is 2.43. The van der Waals surface area contributed by atoms with E-state index in [0.717, 1.165) is 41.6 Å². The highest BCUT2D eigenvalue weighted by Crippen LogP contribution is 2.26. The van der Waals surface area contributed by atoms with Crippen LogP contribution in [0.3, 0.4) is 0 Å². The molecule has 0 spiro atoms. The number of likely N-dealkylation sites (tertiary alicyclic amines) is 1. The van der Waals surface area contributed by atoms with E-state index in [1.807, 2.05) is 77.7 Å². The number of amides is 4. The van der Waals surface area contributed by atoms with Crippen molar-refractivity contribution in [1.29, 1.82) is 0 Å². The zero-order valence-corrected chi connectivity index (χ0v) is 30.3. The normalized spacial score (nSPS) is 21.6. The molecule has 0 radical (unpaired) electrons. The minimum Gasteiger partial charge on any atom is -0.346 e. The second-order valence-corrected chi connectivity index (χ2v) is 14.7. The average Bonchev–Trinajstić information content (AvgIpc) is 3.63. The summed E-state index contributed by atoms with van der Waals surface area (Å²) >= 11 is 0. The van der Waals surface area contributed by atoms with Gasteiger partial charge in [-0.3, -0.25) is 24.1 Å². The van der Waals surface area contributed by atoms with Crippen LogP contribution >= 0.6 is 0 Å². The summed E-state index contributed by atoms with van der Waals surface area (Å²) in [6.45, 7) is 3.15. The predicted octanol–water partition coefficient (Wildman–Crippen LogP) is 4.16. The lowest BCUT2D eigenvalue weighted by molar-refractivity contribution is -0.161. The highest BCUT2D eigenvalue weighted by molar-refractivity contribution is 6.36. The number of carbonyl (C=O) groups is 4. The fourth-order valence-corrected chi connectivity index (χ4v) is 8.37. The lowest BCUT2D eigenvalue weighted by atomic mass is 9.97. The van der Waals surface area contributed by atoms with Crippen molar-refractivity contribution in [2.75, 3.05) is 39.3 Å². The molecule has 4 aromatic rings. The molecule has 4 aromatic carbocycles. The third kappa shape index (κ3) is 8.86. The summed E-state index contributed by atoms with van der Waals surface area (Å²) in [6.07, 6.45) is 4.43. The van der Waals surface area contributed by atoms with Gasteiger partial charge < -0.3 is 20.0 Å². The van der Waals surface area contributed by atoms with Gasteiger partial charge in [-0.15, -0.1) is 0 Å². The zero-order chi connectivity index (χ0) is 36.6. The number of hydrogen-bond donors (Lipinski definition) is 1. The number of carbonyl (C=O) groups excluding carboxylic acids is 4. The van der Waals surface area contributed by atoms with Crippen LogP contribution in [0.5, 0.6) is 0 Å². The molecule has 9 heteroatoms. The predicted molar refractivity (Wildman–Crippen MR) is 205 cm³/mol. The van der Waals surface area contributed by atoms with Gasteiger partial charge in [0.05, 0.1) is 12.1 Å². The molecule has 274 valence electrons. The third-order valence-corrected chi connectivity index (χ3v) is 11.2. The SMILES string of the molecule is O=C1NC[C@H](Cc2ccccc2)N(C[C@H]2CCCN2C[C@H](Cc2ccccc2)N2C[C@H](Cc3ccccc3)N(CCc3ccccc3)C(=O)C2=O)C1=O. The molecule has 7 rings (SSSR count). The minimum atomic E-state index is -0.556. The molecule has 3 fully saturated rings. The second kappa shape index (κ2) is 17.0. The first kappa shape index (κ1) is 36.1. The van der Waals surface area contributed by atoms with E-state index in [9.17, 15) is 19.2 Å². The topological polar surface area (TPSA) is 93.3 Å². The van der Waals surface area contributed by atoms with Gasteiger partial charge in [0.1, 0.15) is 0 Å². The van der Waals surface area contributed by atoms with Crippen molar-refractivity contribution in [2.45, 2.75) is 62.7 Å². The summed E-state index contributed by atoms with van der Waals surface area (Å²) in [5.41, 5.74) is 4.48. The number of benzene rings is 4.